The van der Waals surface area contributed by atoms with E-state index < -0.39 is 18.2 Å². The fourth-order valence-corrected chi connectivity index (χ4v) is 1.23. The summed E-state index contributed by atoms with van der Waals surface area (Å²) in [5, 5.41) is 2.03. The largest absolute Gasteiger partial charge is 0.465 e. The van der Waals surface area contributed by atoms with Crippen LogP contribution >= 0.6 is 0 Å². The Morgan fingerprint density at radius 2 is 1.82 bits per heavy atom. The summed E-state index contributed by atoms with van der Waals surface area (Å²) < 4.78 is 41.4. The quantitative estimate of drug-likeness (QED) is 0.609. The first-order valence-corrected chi connectivity index (χ1v) is 4.47. The van der Waals surface area contributed by atoms with Gasteiger partial charge in [0.05, 0.1) is 12.7 Å². The predicted octanol–water partition coefficient (Wildman–Crippen LogP) is 2.84. The van der Waals surface area contributed by atoms with Crippen LogP contribution in [0.25, 0.3) is 0 Å². The molecule has 0 aromatic heterocycles. The summed E-state index contributed by atoms with van der Waals surface area (Å²) in [5.41, 5.74) is -0.219. The number of alkyl halides is 3. The topological polar surface area (TPSA) is 55.7 Å². The molecule has 92 valence electrons. The summed E-state index contributed by atoms with van der Waals surface area (Å²) in [4.78, 5) is 21.2. The van der Waals surface area contributed by atoms with Gasteiger partial charge in [-0.2, -0.15) is 13.2 Å². The lowest BCUT2D eigenvalue weighted by Gasteiger charge is -2.13. The Morgan fingerprint density at radius 1 is 1.29 bits per heavy atom. The van der Waals surface area contributed by atoms with Gasteiger partial charge in [0, 0.05) is 0 Å². The van der Waals surface area contributed by atoms with Crippen LogP contribution in [-0.4, -0.2) is 19.3 Å². The third-order valence-electron chi connectivity index (χ3n) is 2.06. The fourth-order valence-electron chi connectivity index (χ4n) is 1.23. The second-order valence-corrected chi connectivity index (χ2v) is 3.16. The molecule has 0 heterocycles. The van der Waals surface area contributed by atoms with Gasteiger partial charge in [0.15, 0.2) is 0 Å². The molecule has 1 atom stereocenters. The number of esters is 1. The molecular weight excluding hydrogens is 239 g/mol. The van der Waals surface area contributed by atoms with Crippen molar-refractivity contribution >= 4 is 5.97 Å². The number of carbonyl (C=O) groups excluding carboxylic acids is 1. The van der Waals surface area contributed by atoms with Crippen LogP contribution in [0.3, 0.4) is 0 Å². The zero-order valence-electron chi connectivity index (χ0n) is 8.69. The van der Waals surface area contributed by atoms with E-state index in [1.54, 1.807) is 0 Å². The van der Waals surface area contributed by atoms with E-state index in [9.17, 15) is 22.9 Å². The van der Waals surface area contributed by atoms with E-state index in [4.69, 9.17) is 0 Å². The summed E-state index contributed by atoms with van der Waals surface area (Å²) in [6.45, 7) is 0. The van der Waals surface area contributed by atoms with E-state index in [0.29, 0.717) is 0 Å². The van der Waals surface area contributed by atoms with E-state index in [1.807, 2.05) is 5.18 Å². The summed E-state index contributed by atoms with van der Waals surface area (Å²) in [7, 11) is 1.15. The number of carbonyl (C=O) groups is 1. The van der Waals surface area contributed by atoms with Gasteiger partial charge in [0.1, 0.15) is 0 Å². The van der Waals surface area contributed by atoms with Crippen molar-refractivity contribution in [2.75, 3.05) is 7.11 Å². The van der Waals surface area contributed by atoms with Crippen LogP contribution in [0.2, 0.25) is 0 Å². The number of rotatable bonds is 3. The minimum Gasteiger partial charge on any atom is -0.465 e. The normalized spacial score (nSPS) is 12.9. The van der Waals surface area contributed by atoms with Crippen LogP contribution in [0.5, 0.6) is 0 Å². The van der Waals surface area contributed by atoms with Gasteiger partial charge in [-0.05, 0) is 17.7 Å². The SMILES string of the molecule is COC(=O)c1ccc(C(N=O)C(F)(F)F)cc1. The van der Waals surface area contributed by atoms with Crippen molar-refractivity contribution in [2.45, 2.75) is 12.2 Å². The Balaban J connectivity index is 3.01. The van der Waals surface area contributed by atoms with Crippen molar-refractivity contribution in [2.24, 2.45) is 5.18 Å². The molecule has 0 saturated carbocycles. The highest BCUT2D eigenvalue weighted by Gasteiger charge is 2.42. The number of benzene rings is 1. The number of hydrogen-bond donors (Lipinski definition) is 0. The van der Waals surface area contributed by atoms with Gasteiger partial charge >= 0.3 is 12.1 Å². The number of methoxy groups -OCH3 is 1. The highest BCUT2D eigenvalue weighted by molar-refractivity contribution is 5.89. The minimum atomic E-state index is -4.74. The zero-order valence-corrected chi connectivity index (χ0v) is 8.69. The molecule has 0 amide bonds. The van der Waals surface area contributed by atoms with E-state index in [-0.39, 0.29) is 11.1 Å². The van der Waals surface area contributed by atoms with Crippen molar-refractivity contribution in [3.05, 3.63) is 40.3 Å². The zero-order chi connectivity index (χ0) is 13.1. The molecule has 1 unspecified atom stereocenters. The molecule has 0 bridgehead atoms. The van der Waals surface area contributed by atoms with Gasteiger partial charge in [-0.25, -0.2) is 4.79 Å². The van der Waals surface area contributed by atoms with Crippen LogP contribution in [0, 0.1) is 4.91 Å². The molecule has 1 rings (SSSR count). The lowest BCUT2D eigenvalue weighted by Crippen LogP contribution is -2.18. The predicted molar refractivity (Wildman–Crippen MR) is 52.4 cm³/mol. The Labute approximate surface area is 94.4 Å². The van der Waals surface area contributed by atoms with Gasteiger partial charge in [-0.15, -0.1) is 4.91 Å². The summed E-state index contributed by atoms with van der Waals surface area (Å²) in [6, 6.07) is 1.91. The average Bonchev–Trinajstić information content (AvgIpc) is 2.28. The minimum absolute atomic E-state index is 0.100. The fraction of sp³-hybridized carbons (Fsp3) is 0.300. The first-order chi connectivity index (χ1) is 7.90. The Hall–Kier alpha value is -1.92. The van der Waals surface area contributed by atoms with Crippen molar-refractivity contribution in [3.63, 3.8) is 0 Å². The molecule has 0 radical (unpaired) electrons. The lowest BCUT2D eigenvalue weighted by atomic mass is 10.1. The Morgan fingerprint density at radius 3 is 2.18 bits per heavy atom. The van der Waals surface area contributed by atoms with Crippen LogP contribution < -0.4 is 0 Å². The van der Waals surface area contributed by atoms with E-state index in [1.165, 1.54) is 0 Å². The number of ether oxygens (including phenoxy) is 1. The van der Waals surface area contributed by atoms with Gasteiger partial charge in [-0.3, -0.25) is 0 Å². The lowest BCUT2D eigenvalue weighted by molar-refractivity contribution is -0.148. The second-order valence-electron chi connectivity index (χ2n) is 3.16. The van der Waals surface area contributed by atoms with Gasteiger partial charge in [0.2, 0.25) is 6.04 Å². The highest BCUT2D eigenvalue weighted by Crippen LogP contribution is 2.35. The van der Waals surface area contributed by atoms with Gasteiger partial charge in [0.25, 0.3) is 0 Å². The number of hydrogen-bond acceptors (Lipinski definition) is 4. The molecule has 0 N–H and O–H groups in total. The van der Waals surface area contributed by atoms with E-state index in [2.05, 4.69) is 4.74 Å². The standard InChI is InChI=1S/C10H8F3NO3/c1-17-9(15)7-4-2-6(3-5-7)8(14-16)10(11,12)13/h2-5,8H,1H3. The Kier molecular flexibility index (Phi) is 3.82. The van der Waals surface area contributed by atoms with Crippen LogP contribution in [0.15, 0.2) is 29.4 Å². The summed E-state index contributed by atoms with van der Waals surface area (Å²) in [5.74, 6) is -0.667. The monoisotopic (exact) mass is 247 g/mol. The second kappa shape index (κ2) is 4.94. The maximum absolute atomic E-state index is 12.3. The van der Waals surface area contributed by atoms with Crippen molar-refractivity contribution in [3.8, 4) is 0 Å². The van der Waals surface area contributed by atoms with Crippen LogP contribution in [-0.2, 0) is 4.74 Å². The molecule has 7 heteroatoms. The summed E-state index contributed by atoms with van der Waals surface area (Å²) >= 11 is 0. The molecule has 0 fully saturated rings. The molecule has 0 aliphatic carbocycles. The molecule has 0 saturated heterocycles. The number of nitroso groups, excluding NO2 is 1. The first-order valence-electron chi connectivity index (χ1n) is 4.47. The first kappa shape index (κ1) is 13.1. The molecule has 17 heavy (non-hydrogen) atoms. The molecule has 0 spiro atoms. The van der Waals surface area contributed by atoms with Gasteiger partial charge < -0.3 is 4.74 Å². The van der Waals surface area contributed by atoms with Crippen molar-refractivity contribution < 1.29 is 22.7 Å². The Bertz CT molecular complexity index is 414. The third kappa shape index (κ3) is 3.02. The molecule has 0 aliphatic heterocycles. The third-order valence-corrected chi connectivity index (χ3v) is 2.06. The average molecular weight is 247 g/mol. The molecular formula is C10H8F3NO3. The van der Waals surface area contributed by atoms with Crippen LogP contribution in [0.1, 0.15) is 22.0 Å². The van der Waals surface area contributed by atoms with Gasteiger partial charge in [-0.1, -0.05) is 17.3 Å². The molecule has 0 aliphatic rings. The van der Waals surface area contributed by atoms with E-state index >= 15 is 0 Å². The maximum atomic E-state index is 12.3. The van der Waals surface area contributed by atoms with E-state index in [0.717, 1.165) is 31.4 Å². The molecule has 4 nitrogen and oxygen atoms in total. The van der Waals surface area contributed by atoms with Crippen LogP contribution in [0.4, 0.5) is 13.2 Å². The summed E-state index contributed by atoms with van der Waals surface area (Å²) in [6.07, 6.45) is -4.74. The molecule has 1 aromatic rings. The van der Waals surface area contributed by atoms with Crippen molar-refractivity contribution in [1.82, 2.24) is 0 Å². The number of nitrogens with zero attached hydrogens (tertiary/aromatic N) is 1. The maximum Gasteiger partial charge on any atom is 0.418 e. The number of halogens is 3. The highest BCUT2D eigenvalue weighted by atomic mass is 19.4. The van der Waals surface area contributed by atoms with Crippen molar-refractivity contribution in [1.29, 1.82) is 0 Å². The molecule has 1 aromatic carbocycles. The smallest absolute Gasteiger partial charge is 0.418 e.